The summed E-state index contributed by atoms with van der Waals surface area (Å²) in [7, 11) is 0. The van der Waals surface area contributed by atoms with Gasteiger partial charge in [-0.05, 0) is 6.07 Å². The van der Waals surface area contributed by atoms with Crippen LogP contribution >= 0.6 is 0 Å². The van der Waals surface area contributed by atoms with Crippen molar-refractivity contribution in [3.63, 3.8) is 0 Å². The lowest BCUT2D eigenvalue weighted by atomic mass is 10.6. The molecule has 0 radical (unpaired) electrons. The summed E-state index contributed by atoms with van der Waals surface area (Å²) in [5.74, 6) is -0.241. The highest BCUT2D eigenvalue weighted by atomic mass is 19.2. The predicted octanol–water partition coefficient (Wildman–Crippen LogP) is -0.442. The minimum atomic E-state index is -0.991. The lowest BCUT2D eigenvalue weighted by Crippen LogP contribution is -2.18. The van der Waals surface area contributed by atoms with Crippen molar-refractivity contribution in [3.05, 3.63) is 22.7 Å². The van der Waals surface area contributed by atoms with Crippen LogP contribution in [0, 0.1) is 0 Å². The Balaban J connectivity index is 3.43. The Morgan fingerprint density at radius 3 is 2.89 bits per heavy atom. The first-order chi connectivity index (χ1) is 4.22. The number of rotatable bonds is 0. The molecule has 1 aromatic rings. The van der Waals surface area contributed by atoms with E-state index in [1.165, 1.54) is 6.07 Å². The smallest absolute Gasteiger partial charge is 0.377 e. The quantitative estimate of drug-likeness (QED) is 0.516. The van der Waals surface area contributed by atoms with Gasteiger partial charge in [-0.1, -0.05) is 4.48 Å². The Hall–Kier alpha value is -1.39. The molecule has 0 aliphatic rings. The third-order valence-corrected chi connectivity index (χ3v) is 0.825. The summed E-state index contributed by atoms with van der Waals surface area (Å²) >= 11 is 0. The van der Waals surface area contributed by atoms with Crippen LogP contribution in [-0.2, 0) is 0 Å². The van der Waals surface area contributed by atoms with E-state index >= 15 is 0 Å². The molecule has 0 bridgehead atoms. The molecular formula is C4H4FN3O. The number of hydrogen-bond acceptors (Lipinski definition) is 3. The summed E-state index contributed by atoms with van der Waals surface area (Å²) in [5, 5.41) is 0. The normalized spacial score (nSPS) is 9.44. The second-order valence-electron chi connectivity index (χ2n) is 1.43. The van der Waals surface area contributed by atoms with Crippen LogP contribution < -0.4 is 11.4 Å². The maximum absolute atomic E-state index is 12.1. The number of nitrogens with two attached hydrogens (primary N) is 1. The largest absolute Gasteiger partial charge is 0.383 e. The van der Waals surface area contributed by atoms with Gasteiger partial charge in [0.15, 0.2) is 0 Å². The molecule has 0 fully saturated rings. The van der Waals surface area contributed by atoms with Gasteiger partial charge in [0.2, 0.25) is 0 Å². The fraction of sp³-hybridized carbons (Fsp3) is 0. The summed E-state index contributed by atoms with van der Waals surface area (Å²) in [5.41, 5.74) is 3.98. The highest BCUT2D eigenvalue weighted by Crippen LogP contribution is 1.92. The molecule has 0 saturated heterocycles. The summed E-state index contributed by atoms with van der Waals surface area (Å²) in [6, 6.07) is 1.20. The van der Waals surface area contributed by atoms with Crippen LogP contribution in [-0.4, -0.2) is 9.77 Å². The SMILES string of the molecule is Nc1ccnc(=O)n1F. The molecule has 1 rings (SSSR count). The van der Waals surface area contributed by atoms with E-state index in [1.54, 1.807) is 0 Å². The molecular weight excluding hydrogens is 125 g/mol. The fourth-order valence-electron chi connectivity index (χ4n) is 0.404. The van der Waals surface area contributed by atoms with E-state index in [-0.39, 0.29) is 10.6 Å². The van der Waals surface area contributed by atoms with Crippen molar-refractivity contribution >= 4 is 5.82 Å². The van der Waals surface area contributed by atoms with Crippen molar-refractivity contribution in [1.82, 2.24) is 9.77 Å². The molecule has 0 amide bonds. The van der Waals surface area contributed by atoms with Gasteiger partial charge in [-0.3, -0.25) is 0 Å². The van der Waals surface area contributed by atoms with Crippen LogP contribution in [0.4, 0.5) is 10.3 Å². The van der Waals surface area contributed by atoms with Crippen molar-refractivity contribution in [2.45, 2.75) is 0 Å². The molecule has 1 heterocycles. The van der Waals surface area contributed by atoms with Gasteiger partial charge in [-0.2, -0.15) is 4.98 Å². The van der Waals surface area contributed by atoms with Crippen molar-refractivity contribution in [3.8, 4) is 0 Å². The summed E-state index contributed by atoms with van der Waals surface area (Å²) in [6.07, 6.45) is 1.15. The molecule has 4 nitrogen and oxygen atoms in total. The number of anilines is 1. The summed E-state index contributed by atoms with van der Waals surface area (Å²) in [6.45, 7) is 0. The van der Waals surface area contributed by atoms with Crippen LogP contribution in [0.3, 0.4) is 0 Å². The molecule has 0 atom stereocenters. The van der Waals surface area contributed by atoms with Crippen molar-refractivity contribution < 1.29 is 4.48 Å². The Kier molecular flexibility index (Phi) is 1.18. The number of hydrogen-bond donors (Lipinski definition) is 1. The van der Waals surface area contributed by atoms with Gasteiger partial charge in [0.1, 0.15) is 5.82 Å². The number of halogens is 1. The molecule has 0 saturated carbocycles. The molecule has 48 valence electrons. The molecule has 0 aliphatic carbocycles. The minimum absolute atomic E-state index is 0.222. The number of aromatic nitrogens is 2. The van der Waals surface area contributed by atoms with Crippen LogP contribution in [0.25, 0.3) is 0 Å². The first-order valence-electron chi connectivity index (χ1n) is 2.21. The lowest BCUT2D eigenvalue weighted by Gasteiger charge is -1.92. The zero-order chi connectivity index (χ0) is 6.85. The van der Waals surface area contributed by atoms with E-state index in [0.717, 1.165) is 6.20 Å². The van der Waals surface area contributed by atoms with E-state index in [1.807, 2.05) is 0 Å². The summed E-state index contributed by atoms with van der Waals surface area (Å²) < 4.78 is 12.1. The highest BCUT2D eigenvalue weighted by Gasteiger charge is 1.95. The molecule has 0 unspecified atom stereocenters. The number of nitrogen functional groups attached to an aromatic ring is 1. The third kappa shape index (κ3) is 0.883. The molecule has 9 heavy (non-hydrogen) atoms. The molecule has 0 aromatic carbocycles. The van der Waals surface area contributed by atoms with E-state index < -0.39 is 5.69 Å². The van der Waals surface area contributed by atoms with Gasteiger partial charge in [0.25, 0.3) is 0 Å². The standard InChI is InChI=1S/C4H4FN3O/c5-8-3(6)1-2-7-4(8)9/h1-2H,6H2. The summed E-state index contributed by atoms with van der Waals surface area (Å²) in [4.78, 5) is 13.1. The van der Waals surface area contributed by atoms with Gasteiger partial charge < -0.3 is 5.73 Å². The molecule has 0 aliphatic heterocycles. The van der Waals surface area contributed by atoms with Crippen molar-refractivity contribution in [2.24, 2.45) is 0 Å². The first-order valence-corrected chi connectivity index (χ1v) is 2.21. The van der Waals surface area contributed by atoms with Crippen molar-refractivity contribution in [1.29, 1.82) is 0 Å². The van der Waals surface area contributed by atoms with E-state index in [9.17, 15) is 9.28 Å². The second-order valence-corrected chi connectivity index (χ2v) is 1.43. The maximum atomic E-state index is 12.1. The average Bonchev–Trinajstić information content (AvgIpc) is 1.83. The van der Waals surface area contributed by atoms with Gasteiger partial charge in [-0.15, -0.1) is 4.79 Å². The van der Waals surface area contributed by atoms with Gasteiger partial charge in [-0.25, -0.2) is 4.79 Å². The average molecular weight is 129 g/mol. The molecule has 5 heteroatoms. The van der Waals surface area contributed by atoms with Crippen LogP contribution in [0.5, 0.6) is 0 Å². The lowest BCUT2D eigenvalue weighted by molar-refractivity contribution is 0.352. The van der Waals surface area contributed by atoms with E-state index in [4.69, 9.17) is 5.73 Å². The zero-order valence-electron chi connectivity index (χ0n) is 4.41. The van der Waals surface area contributed by atoms with Crippen LogP contribution in [0.15, 0.2) is 17.1 Å². The Bertz CT molecular complexity index is 269. The van der Waals surface area contributed by atoms with Crippen LogP contribution in [0.1, 0.15) is 0 Å². The third-order valence-electron chi connectivity index (χ3n) is 0.825. The van der Waals surface area contributed by atoms with Crippen LogP contribution in [0.2, 0.25) is 0 Å². The predicted molar refractivity (Wildman–Crippen MR) is 29.4 cm³/mol. The minimum Gasteiger partial charge on any atom is -0.383 e. The molecule has 2 N–H and O–H groups in total. The first kappa shape index (κ1) is 5.74. The van der Waals surface area contributed by atoms with Gasteiger partial charge >= 0.3 is 5.69 Å². The topological polar surface area (TPSA) is 60.9 Å². The Morgan fingerprint density at radius 2 is 2.44 bits per heavy atom. The Morgan fingerprint density at radius 1 is 1.78 bits per heavy atom. The fourth-order valence-corrected chi connectivity index (χ4v) is 0.404. The van der Waals surface area contributed by atoms with E-state index in [0.29, 0.717) is 0 Å². The monoisotopic (exact) mass is 129 g/mol. The zero-order valence-corrected chi connectivity index (χ0v) is 4.41. The van der Waals surface area contributed by atoms with Crippen molar-refractivity contribution in [2.75, 3.05) is 5.73 Å². The van der Waals surface area contributed by atoms with E-state index in [2.05, 4.69) is 4.98 Å². The molecule has 1 aromatic heterocycles. The van der Waals surface area contributed by atoms with Gasteiger partial charge in [0.05, 0.1) is 0 Å². The second kappa shape index (κ2) is 1.85. The Labute approximate surface area is 49.7 Å². The maximum Gasteiger partial charge on any atom is 0.377 e. The number of nitrogens with zero attached hydrogens (tertiary/aromatic N) is 2. The van der Waals surface area contributed by atoms with Gasteiger partial charge in [0, 0.05) is 6.20 Å². The highest BCUT2D eigenvalue weighted by molar-refractivity contribution is 5.24. The molecule has 0 spiro atoms.